The summed E-state index contributed by atoms with van der Waals surface area (Å²) in [6.45, 7) is 1.47. The molecule has 90 valence electrons. The summed E-state index contributed by atoms with van der Waals surface area (Å²) in [4.78, 5) is 21.7. The van der Waals surface area contributed by atoms with Gasteiger partial charge < -0.3 is 5.32 Å². The van der Waals surface area contributed by atoms with Crippen LogP contribution in [0.4, 0.5) is 5.69 Å². The highest BCUT2D eigenvalue weighted by atomic mass is 16.1. The van der Waals surface area contributed by atoms with Gasteiger partial charge >= 0.3 is 0 Å². The Morgan fingerprint density at radius 3 is 2.39 bits per heavy atom. The van der Waals surface area contributed by atoms with Crippen LogP contribution in [0.25, 0.3) is 11.1 Å². The molecule has 0 saturated carbocycles. The lowest BCUT2D eigenvalue weighted by molar-refractivity contribution is -0.114. The number of aldehydes is 1. The maximum Gasteiger partial charge on any atom is 0.221 e. The van der Waals surface area contributed by atoms with E-state index in [0.717, 1.165) is 23.1 Å². The van der Waals surface area contributed by atoms with Gasteiger partial charge in [-0.2, -0.15) is 0 Å². The summed E-state index contributed by atoms with van der Waals surface area (Å²) >= 11 is 0. The molecule has 0 aliphatic rings. The van der Waals surface area contributed by atoms with Gasteiger partial charge in [0.25, 0.3) is 0 Å². The van der Waals surface area contributed by atoms with E-state index in [0.29, 0.717) is 5.56 Å². The monoisotopic (exact) mass is 239 g/mol. The molecule has 0 atom stereocenters. The summed E-state index contributed by atoms with van der Waals surface area (Å²) in [6.07, 6.45) is 0.821. The van der Waals surface area contributed by atoms with Crippen LogP contribution in [0, 0.1) is 0 Å². The number of benzene rings is 2. The quantitative estimate of drug-likeness (QED) is 0.836. The molecule has 1 N–H and O–H groups in total. The minimum atomic E-state index is -0.103. The molecule has 0 aliphatic heterocycles. The molecule has 0 bridgehead atoms. The van der Waals surface area contributed by atoms with Gasteiger partial charge in [-0.15, -0.1) is 0 Å². The van der Waals surface area contributed by atoms with Crippen LogP contribution in [-0.4, -0.2) is 12.2 Å². The third-order valence-corrected chi connectivity index (χ3v) is 2.54. The number of rotatable bonds is 3. The average molecular weight is 239 g/mol. The second-order valence-electron chi connectivity index (χ2n) is 4.01. The zero-order chi connectivity index (χ0) is 13.0. The van der Waals surface area contributed by atoms with Gasteiger partial charge in [-0.3, -0.25) is 9.59 Å². The zero-order valence-electron chi connectivity index (χ0n) is 10.0. The number of hydrogen-bond acceptors (Lipinski definition) is 2. The maximum atomic E-state index is 11.0. The van der Waals surface area contributed by atoms with Gasteiger partial charge in [0.05, 0.1) is 0 Å². The lowest BCUT2D eigenvalue weighted by atomic mass is 10.0. The molecule has 0 saturated heterocycles. The topological polar surface area (TPSA) is 46.2 Å². The SMILES string of the molecule is CC(=O)Nc1cccc(-c2cccc(C=O)c2)c1. The van der Waals surface area contributed by atoms with Crippen molar-refractivity contribution >= 4 is 17.9 Å². The Morgan fingerprint density at radius 2 is 1.72 bits per heavy atom. The van der Waals surface area contributed by atoms with E-state index in [9.17, 15) is 9.59 Å². The van der Waals surface area contributed by atoms with Gasteiger partial charge in [0, 0.05) is 18.2 Å². The molecule has 3 nitrogen and oxygen atoms in total. The van der Waals surface area contributed by atoms with Crippen molar-refractivity contribution in [1.82, 2.24) is 0 Å². The third kappa shape index (κ3) is 2.83. The fourth-order valence-corrected chi connectivity index (χ4v) is 1.77. The van der Waals surface area contributed by atoms with Crippen molar-refractivity contribution in [2.24, 2.45) is 0 Å². The van der Waals surface area contributed by atoms with E-state index in [2.05, 4.69) is 5.32 Å². The fourth-order valence-electron chi connectivity index (χ4n) is 1.77. The lowest BCUT2D eigenvalue weighted by Gasteiger charge is -2.06. The normalized spacial score (nSPS) is 9.83. The molecule has 2 rings (SSSR count). The standard InChI is InChI=1S/C15H13NO2/c1-11(18)16-15-7-3-6-14(9-15)13-5-2-4-12(8-13)10-17/h2-10H,1H3,(H,16,18). The van der Waals surface area contributed by atoms with E-state index < -0.39 is 0 Å². The first-order valence-corrected chi connectivity index (χ1v) is 5.62. The van der Waals surface area contributed by atoms with Crippen LogP contribution in [0.5, 0.6) is 0 Å². The third-order valence-electron chi connectivity index (χ3n) is 2.54. The molecular weight excluding hydrogens is 226 g/mol. The Bertz CT molecular complexity index is 591. The van der Waals surface area contributed by atoms with Crippen molar-refractivity contribution in [3.05, 3.63) is 54.1 Å². The molecular formula is C15H13NO2. The first kappa shape index (κ1) is 12.0. The molecule has 0 aliphatic carbocycles. The van der Waals surface area contributed by atoms with Crippen molar-refractivity contribution in [1.29, 1.82) is 0 Å². The van der Waals surface area contributed by atoms with Crippen LogP contribution in [0.15, 0.2) is 48.5 Å². The van der Waals surface area contributed by atoms with Crippen LogP contribution < -0.4 is 5.32 Å². The van der Waals surface area contributed by atoms with E-state index in [1.165, 1.54) is 6.92 Å². The van der Waals surface area contributed by atoms with E-state index in [1.54, 1.807) is 6.07 Å². The van der Waals surface area contributed by atoms with Crippen molar-refractivity contribution in [2.75, 3.05) is 5.32 Å². The van der Waals surface area contributed by atoms with Gasteiger partial charge in [0.15, 0.2) is 0 Å². The van der Waals surface area contributed by atoms with Gasteiger partial charge in [-0.1, -0.05) is 30.3 Å². The Hall–Kier alpha value is -2.42. The van der Waals surface area contributed by atoms with E-state index in [4.69, 9.17) is 0 Å². The number of hydrogen-bond donors (Lipinski definition) is 1. The highest BCUT2D eigenvalue weighted by Crippen LogP contribution is 2.23. The van der Waals surface area contributed by atoms with E-state index in [1.807, 2.05) is 42.5 Å². The summed E-state index contributed by atoms with van der Waals surface area (Å²) in [7, 11) is 0. The molecule has 0 fully saturated rings. The van der Waals surface area contributed by atoms with Crippen molar-refractivity contribution in [3.8, 4) is 11.1 Å². The molecule has 0 unspecified atom stereocenters. The molecule has 3 heteroatoms. The second-order valence-corrected chi connectivity index (χ2v) is 4.01. The average Bonchev–Trinajstić information content (AvgIpc) is 2.38. The van der Waals surface area contributed by atoms with Crippen LogP contribution in [0.2, 0.25) is 0 Å². The molecule has 2 aromatic carbocycles. The molecule has 2 aromatic rings. The predicted molar refractivity (Wildman–Crippen MR) is 71.6 cm³/mol. The first-order valence-electron chi connectivity index (χ1n) is 5.62. The van der Waals surface area contributed by atoms with Gasteiger partial charge in [-0.25, -0.2) is 0 Å². The number of carbonyl (C=O) groups excluding carboxylic acids is 2. The summed E-state index contributed by atoms with van der Waals surface area (Å²) < 4.78 is 0. The molecule has 0 radical (unpaired) electrons. The number of amides is 1. The smallest absolute Gasteiger partial charge is 0.221 e. The van der Waals surface area contributed by atoms with E-state index >= 15 is 0 Å². The van der Waals surface area contributed by atoms with Crippen LogP contribution >= 0.6 is 0 Å². The van der Waals surface area contributed by atoms with Crippen LogP contribution in [-0.2, 0) is 4.79 Å². The summed E-state index contributed by atoms with van der Waals surface area (Å²) in [5, 5.41) is 2.74. The van der Waals surface area contributed by atoms with Crippen LogP contribution in [0.3, 0.4) is 0 Å². The van der Waals surface area contributed by atoms with Gasteiger partial charge in [0.2, 0.25) is 5.91 Å². The highest BCUT2D eigenvalue weighted by Gasteiger charge is 2.01. The van der Waals surface area contributed by atoms with Crippen LogP contribution in [0.1, 0.15) is 17.3 Å². The fraction of sp³-hybridized carbons (Fsp3) is 0.0667. The highest BCUT2D eigenvalue weighted by molar-refractivity contribution is 5.89. The second kappa shape index (κ2) is 5.27. The molecule has 18 heavy (non-hydrogen) atoms. The number of carbonyl (C=O) groups is 2. The van der Waals surface area contributed by atoms with Crippen molar-refractivity contribution in [3.63, 3.8) is 0 Å². The minimum absolute atomic E-state index is 0.103. The Kier molecular flexibility index (Phi) is 3.53. The summed E-state index contributed by atoms with van der Waals surface area (Å²) in [5.74, 6) is -0.103. The summed E-state index contributed by atoms with van der Waals surface area (Å²) in [5.41, 5.74) is 3.30. The number of anilines is 1. The van der Waals surface area contributed by atoms with Crippen molar-refractivity contribution < 1.29 is 9.59 Å². The molecule has 0 spiro atoms. The Balaban J connectivity index is 2.37. The summed E-state index contributed by atoms with van der Waals surface area (Å²) in [6, 6.07) is 14.9. The minimum Gasteiger partial charge on any atom is -0.326 e. The van der Waals surface area contributed by atoms with Gasteiger partial charge in [0.1, 0.15) is 6.29 Å². The van der Waals surface area contributed by atoms with E-state index in [-0.39, 0.29) is 5.91 Å². The maximum absolute atomic E-state index is 11.0. The number of nitrogens with one attached hydrogen (secondary N) is 1. The zero-order valence-corrected chi connectivity index (χ0v) is 10.0. The molecule has 0 aromatic heterocycles. The van der Waals surface area contributed by atoms with Gasteiger partial charge in [-0.05, 0) is 29.3 Å². The Labute approximate surface area is 105 Å². The lowest BCUT2D eigenvalue weighted by Crippen LogP contribution is -2.05. The molecule has 0 heterocycles. The first-order chi connectivity index (χ1) is 8.69. The Morgan fingerprint density at radius 1 is 1.06 bits per heavy atom. The molecule has 1 amide bonds. The predicted octanol–water partition coefficient (Wildman–Crippen LogP) is 3.12. The van der Waals surface area contributed by atoms with Crippen molar-refractivity contribution in [2.45, 2.75) is 6.92 Å². The largest absolute Gasteiger partial charge is 0.326 e.